The topological polar surface area (TPSA) is 49.2 Å². The lowest BCUT2D eigenvalue weighted by molar-refractivity contribution is 0.0164. The van der Waals surface area contributed by atoms with Crippen molar-refractivity contribution in [2.75, 3.05) is 18.0 Å². The summed E-state index contributed by atoms with van der Waals surface area (Å²) in [5, 5.41) is 18.9. The van der Waals surface area contributed by atoms with Gasteiger partial charge in [-0.3, -0.25) is 0 Å². The van der Waals surface area contributed by atoms with Gasteiger partial charge >= 0.3 is 0 Å². The number of nitrogens with zero attached hydrogens (tertiary/aromatic N) is 3. The molecule has 112 valence electrons. The first-order chi connectivity index (χ1) is 10.7. The third-order valence-electron chi connectivity index (χ3n) is 4.19. The zero-order valence-corrected chi connectivity index (χ0v) is 12.4. The van der Waals surface area contributed by atoms with Gasteiger partial charge in [-0.2, -0.15) is 0 Å². The number of aromatic nitrogens is 2. The van der Waals surface area contributed by atoms with Crippen LogP contribution >= 0.6 is 0 Å². The SMILES string of the molecule is C#Cc1ccc(N2CCC(O)(Cc3ccccc3)CC2)nn1. The minimum Gasteiger partial charge on any atom is -0.389 e. The van der Waals surface area contributed by atoms with Crippen LogP contribution in [0.5, 0.6) is 0 Å². The molecule has 3 rings (SSSR count). The van der Waals surface area contributed by atoms with Gasteiger partial charge in [0, 0.05) is 19.5 Å². The summed E-state index contributed by atoms with van der Waals surface area (Å²) in [4.78, 5) is 2.15. The van der Waals surface area contributed by atoms with Gasteiger partial charge in [-0.25, -0.2) is 0 Å². The standard InChI is InChI=1S/C18H19N3O/c1-2-16-8-9-17(20-19-16)21-12-10-18(22,11-13-21)14-15-6-4-3-5-7-15/h1,3-9,22H,10-14H2. The number of anilines is 1. The summed E-state index contributed by atoms with van der Waals surface area (Å²) in [5.74, 6) is 3.29. The number of piperidine rings is 1. The lowest BCUT2D eigenvalue weighted by Crippen LogP contribution is -2.46. The van der Waals surface area contributed by atoms with Crippen molar-refractivity contribution in [3.05, 3.63) is 53.7 Å². The molecule has 22 heavy (non-hydrogen) atoms. The van der Waals surface area contributed by atoms with Crippen molar-refractivity contribution in [1.82, 2.24) is 10.2 Å². The van der Waals surface area contributed by atoms with Crippen LogP contribution in [0.4, 0.5) is 5.82 Å². The molecule has 1 aromatic heterocycles. The second-order valence-corrected chi connectivity index (χ2v) is 5.79. The van der Waals surface area contributed by atoms with E-state index in [1.807, 2.05) is 24.3 Å². The Bertz CT molecular complexity index is 653. The molecule has 4 heteroatoms. The molecule has 2 heterocycles. The summed E-state index contributed by atoms with van der Waals surface area (Å²) in [5.41, 5.74) is 1.09. The molecule has 2 aromatic rings. The maximum absolute atomic E-state index is 10.8. The van der Waals surface area contributed by atoms with E-state index < -0.39 is 5.60 Å². The molecule has 0 amide bonds. The number of aliphatic hydroxyl groups is 1. The van der Waals surface area contributed by atoms with Crippen LogP contribution in [0.1, 0.15) is 24.1 Å². The fourth-order valence-corrected chi connectivity index (χ4v) is 2.88. The van der Waals surface area contributed by atoms with Crippen molar-refractivity contribution < 1.29 is 5.11 Å². The van der Waals surface area contributed by atoms with Crippen LogP contribution in [-0.2, 0) is 6.42 Å². The number of hydrogen-bond acceptors (Lipinski definition) is 4. The maximum Gasteiger partial charge on any atom is 0.151 e. The molecular weight excluding hydrogens is 274 g/mol. The van der Waals surface area contributed by atoms with E-state index in [0.29, 0.717) is 12.1 Å². The zero-order valence-electron chi connectivity index (χ0n) is 12.4. The molecule has 4 nitrogen and oxygen atoms in total. The Hall–Kier alpha value is -2.38. The molecule has 1 N–H and O–H groups in total. The summed E-state index contributed by atoms with van der Waals surface area (Å²) in [6.45, 7) is 1.54. The van der Waals surface area contributed by atoms with E-state index >= 15 is 0 Å². The van der Waals surface area contributed by atoms with Crippen LogP contribution in [0, 0.1) is 12.3 Å². The molecule has 1 aromatic carbocycles. The van der Waals surface area contributed by atoms with Crippen molar-refractivity contribution in [3.63, 3.8) is 0 Å². The minimum absolute atomic E-state index is 0.543. The molecule has 0 radical (unpaired) electrons. The van der Waals surface area contributed by atoms with Crippen LogP contribution in [0.25, 0.3) is 0 Å². The highest BCUT2D eigenvalue weighted by molar-refractivity contribution is 5.40. The highest BCUT2D eigenvalue weighted by atomic mass is 16.3. The number of terminal acetylenes is 1. The van der Waals surface area contributed by atoms with E-state index in [2.05, 4.69) is 33.2 Å². The Balaban J connectivity index is 1.63. The van der Waals surface area contributed by atoms with E-state index in [1.54, 1.807) is 6.07 Å². The second kappa shape index (κ2) is 6.17. The van der Waals surface area contributed by atoms with Crippen LogP contribution < -0.4 is 4.90 Å². The minimum atomic E-state index is -0.635. The Labute approximate surface area is 130 Å². The van der Waals surface area contributed by atoms with Gasteiger partial charge < -0.3 is 10.0 Å². The van der Waals surface area contributed by atoms with Crippen molar-refractivity contribution in [2.24, 2.45) is 0 Å². The number of benzene rings is 1. The van der Waals surface area contributed by atoms with E-state index in [-0.39, 0.29) is 0 Å². The van der Waals surface area contributed by atoms with E-state index in [9.17, 15) is 5.11 Å². The fraction of sp³-hybridized carbons (Fsp3) is 0.333. The van der Waals surface area contributed by atoms with Crippen molar-refractivity contribution in [2.45, 2.75) is 24.9 Å². The molecular formula is C18H19N3O. The van der Waals surface area contributed by atoms with Gasteiger partial charge in [0.15, 0.2) is 5.82 Å². The first-order valence-electron chi connectivity index (χ1n) is 7.50. The molecule has 1 saturated heterocycles. The number of rotatable bonds is 3. The van der Waals surface area contributed by atoms with Crippen molar-refractivity contribution >= 4 is 5.82 Å². The van der Waals surface area contributed by atoms with E-state index in [0.717, 1.165) is 31.7 Å². The first kappa shape index (κ1) is 14.6. The summed E-state index contributed by atoms with van der Waals surface area (Å²) in [6.07, 6.45) is 7.43. The fourth-order valence-electron chi connectivity index (χ4n) is 2.88. The predicted molar refractivity (Wildman–Crippen MR) is 86.5 cm³/mol. The van der Waals surface area contributed by atoms with Crippen molar-refractivity contribution in [3.8, 4) is 12.3 Å². The molecule has 1 fully saturated rings. The van der Waals surface area contributed by atoms with Gasteiger partial charge in [-0.15, -0.1) is 16.6 Å². The Kier molecular flexibility index (Phi) is 4.08. The third-order valence-corrected chi connectivity index (χ3v) is 4.19. The van der Waals surface area contributed by atoms with Gasteiger partial charge in [-0.1, -0.05) is 30.3 Å². The highest BCUT2D eigenvalue weighted by Gasteiger charge is 2.32. The van der Waals surface area contributed by atoms with Crippen molar-refractivity contribution in [1.29, 1.82) is 0 Å². The Morgan fingerprint density at radius 2 is 1.82 bits per heavy atom. The van der Waals surface area contributed by atoms with Gasteiger partial charge in [-0.05, 0) is 36.5 Å². The second-order valence-electron chi connectivity index (χ2n) is 5.79. The summed E-state index contributed by atoms with van der Waals surface area (Å²) in [7, 11) is 0. The van der Waals surface area contributed by atoms with Crippen LogP contribution in [0.3, 0.4) is 0 Å². The van der Waals surface area contributed by atoms with Crippen LogP contribution in [-0.4, -0.2) is 34.0 Å². The average Bonchev–Trinajstić information content (AvgIpc) is 2.56. The Morgan fingerprint density at radius 1 is 1.09 bits per heavy atom. The quantitative estimate of drug-likeness (QED) is 0.880. The third kappa shape index (κ3) is 3.26. The molecule has 0 spiro atoms. The predicted octanol–water partition coefficient (Wildman–Crippen LogP) is 2.03. The normalized spacial score (nSPS) is 17.0. The van der Waals surface area contributed by atoms with Crippen LogP contribution in [0.2, 0.25) is 0 Å². The van der Waals surface area contributed by atoms with E-state index in [4.69, 9.17) is 6.42 Å². The monoisotopic (exact) mass is 293 g/mol. The number of hydrogen-bond donors (Lipinski definition) is 1. The summed E-state index contributed by atoms with van der Waals surface area (Å²) >= 11 is 0. The van der Waals surface area contributed by atoms with Gasteiger partial charge in [0.05, 0.1) is 5.60 Å². The smallest absolute Gasteiger partial charge is 0.151 e. The lowest BCUT2D eigenvalue weighted by atomic mass is 9.85. The zero-order chi connectivity index (χ0) is 15.4. The van der Waals surface area contributed by atoms with Crippen LogP contribution in [0.15, 0.2) is 42.5 Å². The van der Waals surface area contributed by atoms with Gasteiger partial charge in [0.2, 0.25) is 0 Å². The Morgan fingerprint density at radius 3 is 2.41 bits per heavy atom. The van der Waals surface area contributed by atoms with Gasteiger partial charge in [0.1, 0.15) is 5.69 Å². The summed E-state index contributed by atoms with van der Waals surface area (Å²) in [6, 6.07) is 13.8. The lowest BCUT2D eigenvalue weighted by Gasteiger charge is -2.38. The summed E-state index contributed by atoms with van der Waals surface area (Å²) < 4.78 is 0. The average molecular weight is 293 g/mol. The largest absolute Gasteiger partial charge is 0.389 e. The first-order valence-corrected chi connectivity index (χ1v) is 7.50. The molecule has 0 saturated carbocycles. The maximum atomic E-state index is 10.8. The van der Waals surface area contributed by atoms with E-state index in [1.165, 1.54) is 5.56 Å². The molecule has 0 atom stereocenters. The highest BCUT2D eigenvalue weighted by Crippen LogP contribution is 2.28. The van der Waals surface area contributed by atoms with Gasteiger partial charge in [0.25, 0.3) is 0 Å². The molecule has 0 aliphatic carbocycles. The molecule has 0 unspecified atom stereocenters. The molecule has 0 bridgehead atoms. The molecule has 1 aliphatic heterocycles. The molecule has 1 aliphatic rings.